The minimum absolute atomic E-state index is 0.107. The van der Waals surface area contributed by atoms with Crippen LogP contribution in [0.3, 0.4) is 0 Å². The van der Waals surface area contributed by atoms with Crippen molar-refractivity contribution < 1.29 is 14.9 Å². The van der Waals surface area contributed by atoms with Crippen LogP contribution in [0.4, 0.5) is 0 Å². The lowest BCUT2D eigenvalue weighted by Gasteiger charge is -2.15. The molecule has 5 heteroatoms. The summed E-state index contributed by atoms with van der Waals surface area (Å²) in [6.45, 7) is 1.94. The van der Waals surface area contributed by atoms with E-state index in [0.29, 0.717) is 6.42 Å². The molecule has 3 nitrogen and oxygen atoms in total. The minimum Gasteiger partial charge on any atom is -0.394 e. The lowest BCUT2D eigenvalue weighted by molar-refractivity contribution is -0.0227. The van der Waals surface area contributed by atoms with Gasteiger partial charge in [-0.15, -0.1) is 0 Å². The quantitative estimate of drug-likeness (QED) is 0.668. The van der Waals surface area contributed by atoms with Gasteiger partial charge < -0.3 is 14.9 Å². The second kappa shape index (κ2) is 5.68. The standard InChI is InChI=1S/C12H14I2O3/c1-6-2-7(9(14)3-8(6)13)11-4-10(16)12(5-15)17-11/h2-3,10-12,15-16H,4-5H2,1H3/t10-,11+,12+/m0/s1. The van der Waals surface area contributed by atoms with Crippen molar-refractivity contribution in [3.8, 4) is 0 Å². The number of aryl methyl sites for hydroxylation is 1. The largest absolute Gasteiger partial charge is 0.394 e. The number of aliphatic hydroxyl groups is 2. The van der Waals surface area contributed by atoms with Gasteiger partial charge in [-0.2, -0.15) is 0 Å². The highest BCUT2D eigenvalue weighted by atomic mass is 127. The van der Waals surface area contributed by atoms with Crippen molar-refractivity contribution in [3.05, 3.63) is 30.4 Å². The number of hydrogen-bond acceptors (Lipinski definition) is 3. The fraction of sp³-hybridized carbons (Fsp3) is 0.500. The van der Waals surface area contributed by atoms with Gasteiger partial charge in [0.1, 0.15) is 6.10 Å². The first-order chi connectivity index (χ1) is 8.02. The van der Waals surface area contributed by atoms with Crippen LogP contribution in [0.5, 0.6) is 0 Å². The van der Waals surface area contributed by atoms with Crippen LogP contribution in [0, 0.1) is 14.1 Å². The first-order valence-corrected chi connectivity index (χ1v) is 7.58. The average molecular weight is 460 g/mol. The highest BCUT2D eigenvalue weighted by molar-refractivity contribution is 14.1. The molecule has 1 aliphatic heterocycles. The van der Waals surface area contributed by atoms with E-state index in [1.165, 1.54) is 9.13 Å². The summed E-state index contributed by atoms with van der Waals surface area (Å²) in [6.07, 6.45) is -0.568. The third kappa shape index (κ3) is 2.94. The Labute approximate surface area is 128 Å². The van der Waals surface area contributed by atoms with Crippen molar-refractivity contribution in [1.82, 2.24) is 0 Å². The highest BCUT2D eigenvalue weighted by Gasteiger charge is 2.35. The summed E-state index contributed by atoms with van der Waals surface area (Å²) < 4.78 is 8.05. The van der Waals surface area contributed by atoms with Gasteiger partial charge >= 0.3 is 0 Å². The highest BCUT2D eigenvalue weighted by Crippen LogP contribution is 2.36. The van der Waals surface area contributed by atoms with Crippen molar-refractivity contribution in [2.24, 2.45) is 0 Å². The molecule has 0 aliphatic carbocycles. The van der Waals surface area contributed by atoms with Gasteiger partial charge in [-0.25, -0.2) is 0 Å². The Kier molecular flexibility index (Phi) is 4.67. The first-order valence-electron chi connectivity index (χ1n) is 5.43. The van der Waals surface area contributed by atoms with Crippen molar-refractivity contribution in [3.63, 3.8) is 0 Å². The summed E-state index contributed by atoms with van der Waals surface area (Å²) >= 11 is 4.60. The number of rotatable bonds is 2. The smallest absolute Gasteiger partial charge is 0.107 e. The van der Waals surface area contributed by atoms with E-state index in [1.807, 2.05) is 0 Å². The summed E-state index contributed by atoms with van der Waals surface area (Å²) in [6, 6.07) is 4.23. The topological polar surface area (TPSA) is 49.7 Å². The van der Waals surface area contributed by atoms with Crippen LogP contribution in [0.25, 0.3) is 0 Å². The Balaban J connectivity index is 2.27. The third-order valence-electron chi connectivity index (χ3n) is 3.03. The average Bonchev–Trinajstić information content (AvgIpc) is 2.65. The normalized spacial score (nSPS) is 28.6. The van der Waals surface area contributed by atoms with Gasteiger partial charge in [0.15, 0.2) is 0 Å². The molecule has 1 saturated heterocycles. The Morgan fingerprint density at radius 1 is 1.35 bits per heavy atom. The molecule has 0 spiro atoms. The summed E-state index contributed by atoms with van der Waals surface area (Å²) in [5.74, 6) is 0. The summed E-state index contributed by atoms with van der Waals surface area (Å²) in [5, 5.41) is 18.8. The Morgan fingerprint density at radius 3 is 2.65 bits per heavy atom. The lowest BCUT2D eigenvalue weighted by atomic mass is 10.0. The van der Waals surface area contributed by atoms with Crippen molar-refractivity contribution in [2.45, 2.75) is 31.7 Å². The van der Waals surface area contributed by atoms with E-state index in [0.717, 1.165) is 9.13 Å². The van der Waals surface area contributed by atoms with Crippen LogP contribution >= 0.6 is 45.2 Å². The van der Waals surface area contributed by atoms with Crippen molar-refractivity contribution in [2.75, 3.05) is 6.61 Å². The first kappa shape index (κ1) is 14.0. The molecule has 94 valence electrons. The van der Waals surface area contributed by atoms with Gasteiger partial charge in [-0.05, 0) is 69.3 Å². The number of halogens is 2. The molecule has 1 aromatic rings. The molecular weight excluding hydrogens is 446 g/mol. The van der Waals surface area contributed by atoms with Crippen LogP contribution in [-0.2, 0) is 4.74 Å². The molecule has 1 fully saturated rings. The lowest BCUT2D eigenvalue weighted by Crippen LogP contribution is -2.24. The monoisotopic (exact) mass is 460 g/mol. The molecule has 1 aromatic carbocycles. The molecule has 0 radical (unpaired) electrons. The summed E-state index contributed by atoms with van der Waals surface area (Å²) in [5.41, 5.74) is 2.32. The maximum absolute atomic E-state index is 9.75. The minimum atomic E-state index is -0.569. The van der Waals surface area contributed by atoms with E-state index in [4.69, 9.17) is 9.84 Å². The number of hydrogen-bond donors (Lipinski definition) is 2. The zero-order valence-corrected chi connectivity index (χ0v) is 13.7. The second-order valence-electron chi connectivity index (χ2n) is 4.27. The molecule has 0 unspecified atom stereocenters. The van der Waals surface area contributed by atoms with Crippen molar-refractivity contribution >= 4 is 45.2 Å². The SMILES string of the molecule is Cc1cc([C@H]2C[C@H](O)[C@@H](CO)O2)c(I)cc1I. The molecule has 2 rings (SSSR count). The van der Waals surface area contributed by atoms with E-state index in [-0.39, 0.29) is 12.7 Å². The molecule has 2 N–H and O–H groups in total. The zero-order valence-electron chi connectivity index (χ0n) is 9.36. The number of benzene rings is 1. The van der Waals surface area contributed by atoms with Gasteiger partial charge in [-0.3, -0.25) is 0 Å². The molecular formula is C12H14I2O3. The number of ether oxygens (including phenoxy) is 1. The van der Waals surface area contributed by atoms with E-state index in [9.17, 15) is 5.11 Å². The molecule has 0 aromatic heterocycles. The van der Waals surface area contributed by atoms with Crippen molar-refractivity contribution in [1.29, 1.82) is 0 Å². The predicted molar refractivity (Wildman–Crippen MR) is 81.9 cm³/mol. The van der Waals surface area contributed by atoms with Crippen LogP contribution in [0.2, 0.25) is 0 Å². The van der Waals surface area contributed by atoms with Gasteiger partial charge in [0.25, 0.3) is 0 Å². The van der Waals surface area contributed by atoms with E-state index < -0.39 is 12.2 Å². The van der Waals surface area contributed by atoms with Gasteiger partial charge in [0, 0.05) is 13.6 Å². The molecule has 17 heavy (non-hydrogen) atoms. The van der Waals surface area contributed by atoms with Crippen LogP contribution in [0.1, 0.15) is 23.7 Å². The molecule has 0 saturated carbocycles. The van der Waals surface area contributed by atoms with E-state index >= 15 is 0 Å². The van der Waals surface area contributed by atoms with Gasteiger partial charge in [-0.1, -0.05) is 6.07 Å². The van der Waals surface area contributed by atoms with Gasteiger partial charge in [0.2, 0.25) is 0 Å². The molecule has 1 heterocycles. The molecule has 0 bridgehead atoms. The number of aliphatic hydroxyl groups excluding tert-OH is 2. The fourth-order valence-electron chi connectivity index (χ4n) is 2.02. The van der Waals surface area contributed by atoms with E-state index in [2.05, 4.69) is 64.2 Å². The summed E-state index contributed by atoms with van der Waals surface area (Å²) in [7, 11) is 0. The predicted octanol–water partition coefficient (Wildman–Crippen LogP) is 2.39. The third-order valence-corrected chi connectivity index (χ3v) is 5.12. The molecule has 0 amide bonds. The van der Waals surface area contributed by atoms with Crippen LogP contribution < -0.4 is 0 Å². The molecule has 3 atom stereocenters. The summed E-state index contributed by atoms with van der Waals surface area (Å²) in [4.78, 5) is 0. The van der Waals surface area contributed by atoms with Crippen LogP contribution in [-0.4, -0.2) is 29.0 Å². The Morgan fingerprint density at radius 2 is 2.06 bits per heavy atom. The second-order valence-corrected chi connectivity index (χ2v) is 6.60. The maximum atomic E-state index is 9.75. The fourth-order valence-corrected chi connectivity index (χ4v) is 3.90. The zero-order chi connectivity index (χ0) is 12.6. The maximum Gasteiger partial charge on any atom is 0.107 e. The molecule has 1 aliphatic rings. The van der Waals surface area contributed by atoms with Gasteiger partial charge in [0.05, 0.1) is 18.8 Å². The Hall–Kier alpha value is 0.560. The van der Waals surface area contributed by atoms with E-state index in [1.54, 1.807) is 0 Å². The van der Waals surface area contributed by atoms with Crippen LogP contribution in [0.15, 0.2) is 12.1 Å². The Bertz CT molecular complexity index is 422.